The van der Waals surface area contributed by atoms with Crippen molar-refractivity contribution in [3.8, 4) is 0 Å². The van der Waals surface area contributed by atoms with Crippen LogP contribution in [0.1, 0.15) is 33.6 Å². The highest BCUT2D eigenvalue weighted by atomic mass is 16.5. The maximum Gasteiger partial charge on any atom is 0.0548 e. The van der Waals surface area contributed by atoms with Crippen molar-refractivity contribution in [3.05, 3.63) is 0 Å². The van der Waals surface area contributed by atoms with Gasteiger partial charge in [0.1, 0.15) is 0 Å². The van der Waals surface area contributed by atoms with Crippen molar-refractivity contribution < 1.29 is 4.74 Å². The second-order valence-corrected chi connectivity index (χ2v) is 3.94. The summed E-state index contributed by atoms with van der Waals surface area (Å²) in [6, 6.07) is 0. The van der Waals surface area contributed by atoms with Crippen LogP contribution in [0.3, 0.4) is 0 Å². The largest absolute Gasteiger partial charge is 0.382 e. The maximum atomic E-state index is 5.27. The van der Waals surface area contributed by atoms with E-state index in [1.807, 2.05) is 7.05 Å². The topological polar surface area (TPSA) is 21.3 Å². The van der Waals surface area contributed by atoms with Crippen LogP contribution in [0.25, 0.3) is 0 Å². The monoisotopic (exact) mass is 173 g/mol. The SMILES string of the molecule is CCC(C)(CNC)CC(C)OC. The van der Waals surface area contributed by atoms with Crippen molar-refractivity contribution in [2.75, 3.05) is 20.7 Å². The zero-order valence-electron chi connectivity index (χ0n) is 9.11. The number of hydrogen-bond donors (Lipinski definition) is 1. The van der Waals surface area contributed by atoms with Crippen molar-refractivity contribution in [2.24, 2.45) is 5.41 Å². The van der Waals surface area contributed by atoms with Gasteiger partial charge in [-0.05, 0) is 32.2 Å². The molecule has 0 rings (SSSR count). The van der Waals surface area contributed by atoms with Gasteiger partial charge >= 0.3 is 0 Å². The van der Waals surface area contributed by atoms with Gasteiger partial charge in [-0.15, -0.1) is 0 Å². The predicted molar refractivity (Wildman–Crippen MR) is 53.4 cm³/mol. The van der Waals surface area contributed by atoms with Gasteiger partial charge in [-0.1, -0.05) is 13.8 Å². The van der Waals surface area contributed by atoms with Gasteiger partial charge in [0.05, 0.1) is 6.10 Å². The summed E-state index contributed by atoms with van der Waals surface area (Å²) < 4.78 is 5.27. The number of rotatable bonds is 6. The van der Waals surface area contributed by atoms with E-state index in [1.54, 1.807) is 7.11 Å². The minimum absolute atomic E-state index is 0.364. The van der Waals surface area contributed by atoms with E-state index < -0.39 is 0 Å². The molecule has 2 atom stereocenters. The molecule has 0 saturated carbocycles. The van der Waals surface area contributed by atoms with E-state index in [9.17, 15) is 0 Å². The molecule has 12 heavy (non-hydrogen) atoms. The van der Waals surface area contributed by atoms with Crippen LogP contribution in [0.15, 0.2) is 0 Å². The quantitative estimate of drug-likeness (QED) is 0.663. The van der Waals surface area contributed by atoms with E-state index in [0.29, 0.717) is 11.5 Å². The minimum Gasteiger partial charge on any atom is -0.382 e. The van der Waals surface area contributed by atoms with Crippen LogP contribution in [0.4, 0.5) is 0 Å². The standard InChI is InChI=1S/C10H23NO/c1-6-10(3,8-11-4)7-9(2)12-5/h9,11H,6-8H2,1-5H3. The van der Waals surface area contributed by atoms with Crippen LogP contribution in [0.2, 0.25) is 0 Å². The summed E-state index contributed by atoms with van der Waals surface area (Å²) >= 11 is 0. The van der Waals surface area contributed by atoms with E-state index >= 15 is 0 Å². The summed E-state index contributed by atoms with van der Waals surface area (Å²) in [4.78, 5) is 0. The third kappa shape index (κ3) is 4.07. The fraction of sp³-hybridized carbons (Fsp3) is 1.00. The van der Waals surface area contributed by atoms with Crippen molar-refractivity contribution in [1.29, 1.82) is 0 Å². The van der Waals surface area contributed by atoms with Gasteiger partial charge in [-0.25, -0.2) is 0 Å². The molecular formula is C10H23NO. The Labute approximate surface area is 76.7 Å². The van der Waals surface area contributed by atoms with Gasteiger partial charge in [0.25, 0.3) is 0 Å². The Morgan fingerprint density at radius 2 is 2.08 bits per heavy atom. The molecule has 0 fully saturated rings. The molecule has 0 aliphatic heterocycles. The molecule has 0 saturated heterocycles. The lowest BCUT2D eigenvalue weighted by molar-refractivity contribution is 0.0685. The molecule has 0 aliphatic carbocycles. The first-order valence-electron chi connectivity index (χ1n) is 4.75. The molecule has 0 aromatic heterocycles. The summed E-state index contributed by atoms with van der Waals surface area (Å²) in [7, 11) is 3.78. The zero-order chi connectivity index (χ0) is 9.61. The lowest BCUT2D eigenvalue weighted by Crippen LogP contribution is -2.32. The molecule has 2 heteroatoms. The summed E-state index contributed by atoms with van der Waals surface area (Å²) in [6.07, 6.45) is 2.69. The molecule has 0 bridgehead atoms. The molecule has 0 radical (unpaired) electrons. The fourth-order valence-corrected chi connectivity index (χ4v) is 1.55. The van der Waals surface area contributed by atoms with E-state index in [1.165, 1.54) is 6.42 Å². The lowest BCUT2D eigenvalue weighted by atomic mass is 9.82. The second kappa shape index (κ2) is 5.55. The fourth-order valence-electron chi connectivity index (χ4n) is 1.55. The molecule has 0 aromatic rings. The van der Waals surface area contributed by atoms with Gasteiger partial charge < -0.3 is 10.1 Å². The molecule has 0 amide bonds. The average molecular weight is 173 g/mol. The van der Waals surface area contributed by atoms with Gasteiger partial charge in [-0.2, -0.15) is 0 Å². The summed E-state index contributed by atoms with van der Waals surface area (Å²) in [5.74, 6) is 0. The first-order chi connectivity index (χ1) is 5.58. The number of methoxy groups -OCH3 is 1. The van der Waals surface area contributed by atoms with Gasteiger partial charge in [0.2, 0.25) is 0 Å². The first-order valence-corrected chi connectivity index (χ1v) is 4.75. The maximum absolute atomic E-state index is 5.27. The molecule has 2 unspecified atom stereocenters. The normalized spacial score (nSPS) is 18.8. The molecule has 0 aliphatic rings. The van der Waals surface area contributed by atoms with Gasteiger partial charge in [0.15, 0.2) is 0 Å². The third-order valence-corrected chi connectivity index (χ3v) is 2.64. The summed E-state index contributed by atoms with van der Waals surface area (Å²) in [6.45, 7) is 7.74. The van der Waals surface area contributed by atoms with Crippen molar-refractivity contribution in [2.45, 2.75) is 39.7 Å². The Morgan fingerprint density at radius 1 is 1.50 bits per heavy atom. The van der Waals surface area contributed by atoms with Crippen molar-refractivity contribution in [3.63, 3.8) is 0 Å². The molecule has 2 nitrogen and oxygen atoms in total. The molecule has 74 valence electrons. The minimum atomic E-state index is 0.364. The molecular weight excluding hydrogens is 150 g/mol. The Kier molecular flexibility index (Phi) is 5.51. The average Bonchev–Trinajstić information content (AvgIpc) is 2.05. The Morgan fingerprint density at radius 3 is 2.42 bits per heavy atom. The number of hydrogen-bond acceptors (Lipinski definition) is 2. The summed E-state index contributed by atoms with van der Waals surface area (Å²) in [5.41, 5.74) is 0.379. The van der Waals surface area contributed by atoms with Gasteiger partial charge in [-0.3, -0.25) is 0 Å². The van der Waals surface area contributed by atoms with E-state index in [-0.39, 0.29) is 0 Å². The van der Waals surface area contributed by atoms with Crippen LogP contribution >= 0.6 is 0 Å². The summed E-state index contributed by atoms with van der Waals surface area (Å²) in [5, 5.41) is 3.23. The second-order valence-electron chi connectivity index (χ2n) is 3.94. The lowest BCUT2D eigenvalue weighted by Gasteiger charge is -2.30. The number of nitrogens with one attached hydrogen (secondary N) is 1. The van der Waals surface area contributed by atoms with Gasteiger partial charge in [0, 0.05) is 13.7 Å². The van der Waals surface area contributed by atoms with E-state index in [4.69, 9.17) is 4.74 Å². The van der Waals surface area contributed by atoms with Crippen LogP contribution in [-0.2, 0) is 4.74 Å². The highest BCUT2D eigenvalue weighted by Gasteiger charge is 2.23. The highest BCUT2D eigenvalue weighted by molar-refractivity contribution is 4.77. The van der Waals surface area contributed by atoms with Crippen LogP contribution in [-0.4, -0.2) is 26.8 Å². The van der Waals surface area contributed by atoms with Crippen LogP contribution in [0, 0.1) is 5.41 Å². The van der Waals surface area contributed by atoms with Crippen LogP contribution in [0.5, 0.6) is 0 Å². The van der Waals surface area contributed by atoms with E-state index in [2.05, 4.69) is 26.1 Å². The van der Waals surface area contributed by atoms with E-state index in [0.717, 1.165) is 13.0 Å². The zero-order valence-corrected chi connectivity index (χ0v) is 9.11. The van der Waals surface area contributed by atoms with Crippen molar-refractivity contribution in [1.82, 2.24) is 5.32 Å². The highest BCUT2D eigenvalue weighted by Crippen LogP contribution is 2.27. The number of ether oxygens (including phenoxy) is 1. The predicted octanol–water partition coefficient (Wildman–Crippen LogP) is 2.05. The Balaban J connectivity index is 3.94. The molecule has 0 heterocycles. The Hall–Kier alpha value is -0.0800. The third-order valence-electron chi connectivity index (χ3n) is 2.64. The molecule has 0 spiro atoms. The Bertz CT molecular complexity index is 116. The molecule has 0 aromatic carbocycles. The van der Waals surface area contributed by atoms with Crippen molar-refractivity contribution >= 4 is 0 Å². The molecule has 1 N–H and O–H groups in total. The first kappa shape index (κ1) is 11.9. The van der Waals surface area contributed by atoms with Crippen LogP contribution < -0.4 is 5.32 Å². The smallest absolute Gasteiger partial charge is 0.0548 e.